The topological polar surface area (TPSA) is 101 Å². The van der Waals surface area contributed by atoms with Gasteiger partial charge in [0.1, 0.15) is 0 Å². The summed E-state index contributed by atoms with van der Waals surface area (Å²) in [5.41, 5.74) is 6.38. The highest BCUT2D eigenvalue weighted by atomic mass is 32.2. The molecule has 0 saturated heterocycles. The number of hydrogen-bond acceptors (Lipinski definition) is 4. The second-order valence-corrected chi connectivity index (χ2v) is 7.54. The molecule has 112 valence electrons. The van der Waals surface area contributed by atoms with Gasteiger partial charge >= 0.3 is 0 Å². The van der Waals surface area contributed by atoms with Crippen LogP contribution in [0.25, 0.3) is 0 Å². The van der Waals surface area contributed by atoms with E-state index in [1.54, 1.807) is 18.2 Å². The lowest BCUT2D eigenvalue weighted by atomic mass is 9.87. The molecule has 7 heteroatoms. The minimum absolute atomic E-state index is 0.311. The number of anilines is 2. The Morgan fingerprint density at radius 1 is 1.25 bits per heavy atom. The molecule has 0 spiro atoms. The summed E-state index contributed by atoms with van der Waals surface area (Å²) in [6.07, 6.45) is 1.06. The number of carbonyl (C=O) groups is 1. The molecule has 0 aromatic heterocycles. The summed E-state index contributed by atoms with van der Waals surface area (Å²) in [6, 6.07) is 5.79. The Kier molecular flexibility index (Phi) is 4.77. The van der Waals surface area contributed by atoms with Crippen LogP contribution >= 0.6 is 0 Å². The maximum Gasteiger partial charge on any atom is 0.241 e. The van der Waals surface area contributed by atoms with E-state index in [2.05, 4.69) is 10.0 Å². The maximum absolute atomic E-state index is 12.0. The molecular formula is C13H21N3O3S. The fourth-order valence-electron chi connectivity index (χ4n) is 1.49. The van der Waals surface area contributed by atoms with Crippen molar-refractivity contribution in [2.75, 3.05) is 16.3 Å². The summed E-state index contributed by atoms with van der Waals surface area (Å²) in [5.74, 6) is -0.311. The Morgan fingerprint density at radius 3 is 2.30 bits per heavy atom. The molecule has 1 rings (SSSR count). The van der Waals surface area contributed by atoms with Crippen LogP contribution < -0.4 is 15.8 Å². The van der Waals surface area contributed by atoms with Gasteiger partial charge in [0.25, 0.3) is 0 Å². The van der Waals surface area contributed by atoms with Crippen LogP contribution in [-0.2, 0) is 14.8 Å². The molecule has 20 heavy (non-hydrogen) atoms. The largest absolute Gasteiger partial charge is 0.325 e. The highest BCUT2D eigenvalue weighted by Crippen LogP contribution is 2.20. The van der Waals surface area contributed by atoms with E-state index in [0.717, 1.165) is 6.26 Å². The van der Waals surface area contributed by atoms with Crippen molar-refractivity contribution in [3.05, 3.63) is 24.3 Å². The van der Waals surface area contributed by atoms with Crippen molar-refractivity contribution in [3.63, 3.8) is 0 Å². The van der Waals surface area contributed by atoms with Crippen molar-refractivity contribution < 1.29 is 13.2 Å². The smallest absolute Gasteiger partial charge is 0.241 e. The first-order valence-electron chi connectivity index (χ1n) is 6.13. The molecule has 0 saturated carbocycles. The van der Waals surface area contributed by atoms with Crippen molar-refractivity contribution in [2.45, 2.75) is 26.8 Å². The standard InChI is InChI=1S/C13H21N3O3S/c1-13(2,3)11(14)12(17)15-9-6-5-7-10(8-9)16-20(4,18)19/h5-8,11,16H,14H2,1-4H3,(H,15,17)/t11-/m1/s1. The van der Waals surface area contributed by atoms with Gasteiger partial charge in [-0.3, -0.25) is 9.52 Å². The van der Waals surface area contributed by atoms with Crippen LogP contribution in [0.3, 0.4) is 0 Å². The summed E-state index contributed by atoms with van der Waals surface area (Å²) >= 11 is 0. The first-order valence-corrected chi connectivity index (χ1v) is 8.02. The Bertz CT molecular complexity index is 591. The molecule has 0 aliphatic carbocycles. The number of nitrogens with two attached hydrogens (primary N) is 1. The van der Waals surface area contributed by atoms with Crippen LogP contribution in [-0.4, -0.2) is 26.6 Å². The normalized spacial score (nSPS) is 13.7. The summed E-state index contributed by atoms with van der Waals surface area (Å²) < 4.78 is 24.7. The minimum atomic E-state index is -3.35. The lowest BCUT2D eigenvalue weighted by molar-refractivity contribution is -0.119. The molecule has 1 aromatic rings. The first-order chi connectivity index (χ1) is 8.99. The number of hydrogen-bond donors (Lipinski definition) is 3. The van der Waals surface area contributed by atoms with Gasteiger partial charge < -0.3 is 11.1 Å². The SMILES string of the molecule is CC(C)(C)[C@H](N)C(=O)Nc1cccc(NS(C)(=O)=O)c1. The average Bonchev–Trinajstić information content (AvgIpc) is 2.24. The van der Waals surface area contributed by atoms with Crippen molar-refractivity contribution in [1.29, 1.82) is 0 Å². The quantitative estimate of drug-likeness (QED) is 0.781. The van der Waals surface area contributed by atoms with Crippen LogP contribution in [0.5, 0.6) is 0 Å². The van der Waals surface area contributed by atoms with Gasteiger partial charge in [0.05, 0.1) is 18.0 Å². The first kappa shape index (κ1) is 16.5. The van der Waals surface area contributed by atoms with Gasteiger partial charge in [-0.15, -0.1) is 0 Å². The molecule has 1 amide bonds. The van der Waals surface area contributed by atoms with Crippen molar-refractivity contribution in [3.8, 4) is 0 Å². The van der Waals surface area contributed by atoms with Crippen molar-refractivity contribution >= 4 is 27.3 Å². The van der Waals surface area contributed by atoms with Crippen LogP contribution in [0.1, 0.15) is 20.8 Å². The lowest BCUT2D eigenvalue weighted by Gasteiger charge is -2.25. The third kappa shape index (κ3) is 5.18. The van der Waals surface area contributed by atoms with Gasteiger partial charge in [0.15, 0.2) is 0 Å². The second kappa shape index (κ2) is 5.80. The van der Waals surface area contributed by atoms with E-state index in [0.29, 0.717) is 11.4 Å². The highest BCUT2D eigenvalue weighted by Gasteiger charge is 2.27. The van der Waals surface area contributed by atoms with Crippen LogP contribution in [0.4, 0.5) is 11.4 Å². The number of sulfonamides is 1. The molecule has 0 bridgehead atoms. The molecule has 0 aliphatic heterocycles. The monoisotopic (exact) mass is 299 g/mol. The van der Waals surface area contributed by atoms with E-state index in [9.17, 15) is 13.2 Å². The van der Waals surface area contributed by atoms with Crippen molar-refractivity contribution in [1.82, 2.24) is 0 Å². The number of rotatable bonds is 4. The maximum atomic E-state index is 12.0. The predicted molar refractivity (Wildman–Crippen MR) is 81.0 cm³/mol. The summed E-state index contributed by atoms with van der Waals surface area (Å²) in [7, 11) is -3.35. The molecule has 1 aromatic carbocycles. The molecule has 0 fully saturated rings. The van der Waals surface area contributed by atoms with Crippen LogP contribution in [0.15, 0.2) is 24.3 Å². The molecule has 0 radical (unpaired) electrons. The molecular weight excluding hydrogens is 278 g/mol. The molecule has 4 N–H and O–H groups in total. The molecule has 1 atom stereocenters. The van der Waals surface area contributed by atoms with E-state index >= 15 is 0 Å². The number of carbonyl (C=O) groups excluding carboxylic acids is 1. The van der Waals surface area contributed by atoms with Gasteiger partial charge in [-0.05, 0) is 23.6 Å². The van der Waals surface area contributed by atoms with Gasteiger partial charge in [-0.25, -0.2) is 8.42 Å². The third-order valence-electron chi connectivity index (χ3n) is 2.65. The third-order valence-corrected chi connectivity index (χ3v) is 3.26. The summed E-state index contributed by atoms with van der Waals surface area (Å²) in [4.78, 5) is 12.0. The van der Waals surface area contributed by atoms with Crippen molar-refractivity contribution in [2.24, 2.45) is 11.1 Å². The Balaban J connectivity index is 2.84. The molecule has 6 nitrogen and oxygen atoms in total. The van der Waals surface area contributed by atoms with E-state index in [1.807, 2.05) is 20.8 Å². The Labute approximate surface area is 119 Å². The van der Waals surface area contributed by atoms with E-state index in [-0.39, 0.29) is 11.3 Å². The highest BCUT2D eigenvalue weighted by molar-refractivity contribution is 7.92. The zero-order chi connectivity index (χ0) is 15.6. The Morgan fingerprint density at radius 2 is 1.80 bits per heavy atom. The predicted octanol–water partition coefficient (Wildman–Crippen LogP) is 1.37. The van der Waals surface area contributed by atoms with E-state index in [1.165, 1.54) is 6.07 Å². The number of benzene rings is 1. The molecule has 0 unspecified atom stereocenters. The summed E-state index contributed by atoms with van der Waals surface area (Å²) in [6.45, 7) is 5.62. The minimum Gasteiger partial charge on any atom is -0.325 e. The zero-order valence-corrected chi connectivity index (χ0v) is 12.9. The molecule has 0 aliphatic rings. The number of nitrogens with one attached hydrogen (secondary N) is 2. The fourth-order valence-corrected chi connectivity index (χ4v) is 2.04. The Hall–Kier alpha value is -1.60. The average molecular weight is 299 g/mol. The van der Waals surface area contributed by atoms with Crippen LogP contribution in [0.2, 0.25) is 0 Å². The zero-order valence-electron chi connectivity index (χ0n) is 12.1. The van der Waals surface area contributed by atoms with Gasteiger partial charge in [0, 0.05) is 5.69 Å². The second-order valence-electron chi connectivity index (χ2n) is 5.79. The van der Waals surface area contributed by atoms with Gasteiger partial charge in [0.2, 0.25) is 15.9 Å². The van der Waals surface area contributed by atoms with E-state index in [4.69, 9.17) is 5.73 Å². The lowest BCUT2D eigenvalue weighted by Crippen LogP contribution is -2.45. The van der Waals surface area contributed by atoms with Crippen LogP contribution in [0, 0.1) is 5.41 Å². The molecule has 0 heterocycles. The number of amides is 1. The van der Waals surface area contributed by atoms with Gasteiger partial charge in [-0.1, -0.05) is 26.8 Å². The summed E-state index contributed by atoms with van der Waals surface area (Å²) in [5, 5.41) is 2.68. The van der Waals surface area contributed by atoms with Gasteiger partial charge in [-0.2, -0.15) is 0 Å². The fraction of sp³-hybridized carbons (Fsp3) is 0.462. The van der Waals surface area contributed by atoms with E-state index < -0.39 is 16.1 Å².